The standard InChI is InChI=1S/C15H22N4/c1-3-12(4-2)19(10-9-16)15-11-17-18-14-8-6-5-7-13(14)15/h5-8,11-12H,3-4,9-10,16H2,1-2H3. The average Bonchev–Trinajstić information content (AvgIpc) is 2.47. The SMILES string of the molecule is CCC(CC)N(CCN)c1cnnc2ccccc12. The van der Waals surface area contributed by atoms with E-state index in [1.54, 1.807) is 0 Å². The third kappa shape index (κ3) is 2.84. The molecule has 0 aliphatic heterocycles. The highest BCUT2D eigenvalue weighted by molar-refractivity contribution is 5.90. The number of aromatic nitrogens is 2. The van der Waals surface area contributed by atoms with Gasteiger partial charge in [0.05, 0.1) is 17.4 Å². The summed E-state index contributed by atoms with van der Waals surface area (Å²) in [5.74, 6) is 0. The van der Waals surface area contributed by atoms with Crippen molar-refractivity contribution in [1.82, 2.24) is 10.2 Å². The van der Waals surface area contributed by atoms with Gasteiger partial charge in [0.15, 0.2) is 0 Å². The zero-order valence-corrected chi connectivity index (χ0v) is 11.7. The summed E-state index contributed by atoms with van der Waals surface area (Å²) in [5.41, 5.74) is 7.86. The first-order chi connectivity index (χ1) is 9.31. The molecule has 0 unspecified atom stereocenters. The predicted molar refractivity (Wildman–Crippen MR) is 80.3 cm³/mol. The number of benzene rings is 1. The van der Waals surface area contributed by atoms with Gasteiger partial charge in [-0.25, -0.2) is 0 Å². The number of fused-ring (bicyclic) bond motifs is 1. The molecule has 0 amide bonds. The van der Waals surface area contributed by atoms with Crippen LogP contribution in [-0.2, 0) is 0 Å². The van der Waals surface area contributed by atoms with Crippen LogP contribution in [0.2, 0.25) is 0 Å². The number of hydrogen-bond donors (Lipinski definition) is 1. The number of anilines is 1. The molecule has 1 aromatic heterocycles. The van der Waals surface area contributed by atoms with Crippen molar-refractivity contribution in [2.45, 2.75) is 32.7 Å². The maximum Gasteiger partial charge on any atom is 0.0950 e. The number of nitrogens with two attached hydrogens (primary N) is 1. The van der Waals surface area contributed by atoms with E-state index in [-0.39, 0.29) is 0 Å². The van der Waals surface area contributed by atoms with E-state index in [0.29, 0.717) is 12.6 Å². The van der Waals surface area contributed by atoms with Crippen molar-refractivity contribution in [3.05, 3.63) is 30.5 Å². The van der Waals surface area contributed by atoms with E-state index in [1.807, 2.05) is 24.4 Å². The highest BCUT2D eigenvalue weighted by Crippen LogP contribution is 2.27. The first kappa shape index (κ1) is 13.7. The number of rotatable bonds is 6. The minimum absolute atomic E-state index is 0.496. The van der Waals surface area contributed by atoms with E-state index in [1.165, 1.54) is 0 Å². The summed E-state index contributed by atoms with van der Waals surface area (Å²) in [4.78, 5) is 2.37. The Balaban J connectivity index is 2.49. The molecule has 0 bridgehead atoms. The third-order valence-corrected chi connectivity index (χ3v) is 3.59. The molecular formula is C15H22N4. The van der Waals surface area contributed by atoms with Gasteiger partial charge in [0.1, 0.15) is 0 Å². The summed E-state index contributed by atoms with van der Waals surface area (Å²) in [5, 5.41) is 9.47. The quantitative estimate of drug-likeness (QED) is 0.865. The lowest BCUT2D eigenvalue weighted by Gasteiger charge is -2.32. The minimum Gasteiger partial charge on any atom is -0.365 e. The van der Waals surface area contributed by atoms with Crippen LogP contribution in [0.25, 0.3) is 10.9 Å². The van der Waals surface area contributed by atoms with Crippen LogP contribution in [0.15, 0.2) is 30.5 Å². The fourth-order valence-corrected chi connectivity index (χ4v) is 2.59. The number of hydrogen-bond acceptors (Lipinski definition) is 4. The van der Waals surface area contributed by atoms with Crippen LogP contribution in [0.4, 0.5) is 5.69 Å². The molecule has 0 aliphatic carbocycles. The fourth-order valence-electron chi connectivity index (χ4n) is 2.59. The van der Waals surface area contributed by atoms with Crippen LogP contribution in [0.1, 0.15) is 26.7 Å². The first-order valence-electron chi connectivity index (χ1n) is 6.98. The van der Waals surface area contributed by atoms with E-state index >= 15 is 0 Å². The molecule has 2 aromatic rings. The van der Waals surface area contributed by atoms with Gasteiger partial charge in [-0.3, -0.25) is 0 Å². The van der Waals surface area contributed by atoms with Crippen LogP contribution in [-0.4, -0.2) is 29.3 Å². The molecular weight excluding hydrogens is 236 g/mol. The van der Waals surface area contributed by atoms with Crippen molar-refractivity contribution >= 4 is 16.6 Å². The molecule has 19 heavy (non-hydrogen) atoms. The fraction of sp³-hybridized carbons (Fsp3) is 0.467. The summed E-state index contributed by atoms with van der Waals surface area (Å²) >= 11 is 0. The van der Waals surface area contributed by atoms with Gasteiger partial charge in [-0.1, -0.05) is 32.0 Å². The lowest BCUT2D eigenvalue weighted by atomic mass is 10.1. The Morgan fingerprint density at radius 3 is 2.63 bits per heavy atom. The van der Waals surface area contributed by atoms with Gasteiger partial charge in [-0.2, -0.15) is 10.2 Å². The van der Waals surface area contributed by atoms with E-state index in [4.69, 9.17) is 5.73 Å². The third-order valence-electron chi connectivity index (χ3n) is 3.59. The summed E-state index contributed by atoms with van der Waals surface area (Å²) in [6, 6.07) is 8.63. The van der Waals surface area contributed by atoms with Crippen LogP contribution >= 0.6 is 0 Å². The van der Waals surface area contributed by atoms with Gasteiger partial charge in [0.2, 0.25) is 0 Å². The molecule has 0 saturated carbocycles. The van der Waals surface area contributed by atoms with Crippen molar-refractivity contribution in [1.29, 1.82) is 0 Å². The minimum atomic E-state index is 0.496. The summed E-state index contributed by atoms with van der Waals surface area (Å²) in [7, 11) is 0. The van der Waals surface area contributed by atoms with Gasteiger partial charge in [0, 0.05) is 24.5 Å². The molecule has 0 aliphatic rings. The lowest BCUT2D eigenvalue weighted by molar-refractivity contribution is 0.559. The van der Waals surface area contributed by atoms with Gasteiger partial charge in [-0.05, 0) is 18.9 Å². The average molecular weight is 258 g/mol. The molecule has 0 saturated heterocycles. The topological polar surface area (TPSA) is 55.0 Å². The second-order valence-corrected chi connectivity index (χ2v) is 4.70. The second kappa shape index (κ2) is 6.48. The van der Waals surface area contributed by atoms with Gasteiger partial charge >= 0.3 is 0 Å². The lowest BCUT2D eigenvalue weighted by Crippen LogP contribution is -2.38. The van der Waals surface area contributed by atoms with E-state index in [2.05, 4.69) is 35.0 Å². The molecule has 2 N–H and O–H groups in total. The van der Waals surface area contributed by atoms with Crippen LogP contribution in [0.5, 0.6) is 0 Å². The monoisotopic (exact) mass is 258 g/mol. The van der Waals surface area contributed by atoms with Crippen molar-refractivity contribution in [2.75, 3.05) is 18.0 Å². The zero-order valence-electron chi connectivity index (χ0n) is 11.7. The van der Waals surface area contributed by atoms with E-state index < -0.39 is 0 Å². The molecule has 1 heterocycles. The van der Waals surface area contributed by atoms with Gasteiger partial charge in [-0.15, -0.1) is 0 Å². The molecule has 4 heteroatoms. The second-order valence-electron chi connectivity index (χ2n) is 4.70. The largest absolute Gasteiger partial charge is 0.365 e. The molecule has 4 nitrogen and oxygen atoms in total. The highest BCUT2D eigenvalue weighted by Gasteiger charge is 2.17. The summed E-state index contributed by atoms with van der Waals surface area (Å²) < 4.78 is 0. The Kier molecular flexibility index (Phi) is 4.68. The van der Waals surface area contributed by atoms with Crippen LogP contribution in [0, 0.1) is 0 Å². The first-order valence-corrected chi connectivity index (χ1v) is 6.98. The maximum atomic E-state index is 5.78. The van der Waals surface area contributed by atoms with Crippen molar-refractivity contribution in [3.8, 4) is 0 Å². The van der Waals surface area contributed by atoms with Crippen molar-refractivity contribution in [2.24, 2.45) is 5.73 Å². The molecule has 1 aromatic carbocycles. The van der Waals surface area contributed by atoms with E-state index in [9.17, 15) is 0 Å². The maximum absolute atomic E-state index is 5.78. The van der Waals surface area contributed by atoms with E-state index in [0.717, 1.165) is 36.0 Å². The van der Waals surface area contributed by atoms with Crippen molar-refractivity contribution in [3.63, 3.8) is 0 Å². The number of nitrogens with zero attached hydrogens (tertiary/aromatic N) is 3. The molecule has 0 radical (unpaired) electrons. The Morgan fingerprint density at radius 2 is 1.95 bits per heavy atom. The van der Waals surface area contributed by atoms with Crippen LogP contribution < -0.4 is 10.6 Å². The molecule has 0 atom stereocenters. The summed E-state index contributed by atoms with van der Waals surface area (Å²) in [6.07, 6.45) is 4.07. The van der Waals surface area contributed by atoms with Crippen LogP contribution in [0.3, 0.4) is 0 Å². The van der Waals surface area contributed by atoms with Gasteiger partial charge in [0.25, 0.3) is 0 Å². The molecule has 102 valence electrons. The Labute approximate surface area is 114 Å². The molecule has 0 spiro atoms. The van der Waals surface area contributed by atoms with Gasteiger partial charge < -0.3 is 10.6 Å². The molecule has 2 rings (SSSR count). The summed E-state index contributed by atoms with van der Waals surface area (Å²) in [6.45, 7) is 5.93. The normalized spacial score (nSPS) is 11.2. The molecule has 0 fully saturated rings. The Hall–Kier alpha value is -1.68. The smallest absolute Gasteiger partial charge is 0.0950 e. The highest BCUT2D eigenvalue weighted by atomic mass is 15.2. The Morgan fingerprint density at radius 1 is 1.21 bits per heavy atom. The predicted octanol–water partition coefficient (Wildman–Crippen LogP) is 2.58. The Bertz CT molecular complexity index is 517. The zero-order chi connectivity index (χ0) is 13.7. The van der Waals surface area contributed by atoms with Crippen molar-refractivity contribution < 1.29 is 0 Å².